The first-order valence-corrected chi connectivity index (χ1v) is 9.19. The lowest BCUT2D eigenvalue weighted by molar-refractivity contribution is 0.125. The maximum absolute atomic E-state index is 10.5. The Morgan fingerprint density at radius 2 is 2.11 bits per heavy atom. The third-order valence-electron chi connectivity index (χ3n) is 4.43. The molecule has 2 heterocycles. The van der Waals surface area contributed by atoms with E-state index < -0.39 is 6.09 Å². The Kier molecular flexibility index (Phi) is 6.08. The summed E-state index contributed by atoms with van der Waals surface area (Å²) in [6.07, 6.45) is 1.93. The summed E-state index contributed by atoms with van der Waals surface area (Å²) in [6.45, 7) is 3.82. The fourth-order valence-electron chi connectivity index (χ4n) is 3.16. The third kappa shape index (κ3) is 4.28. The van der Waals surface area contributed by atoms with E-state index in [-0.39, 0.29) is 6.54 Å². The molecule has 0 saturated carbocycles. The van der Waals surface area contributed by atoms with Gasteiger partial charge >= 0.3 is 6.09 Å². The van der Waals surface area contributed by atoms with Crippen molar-refractivity contribution in [1.82, 2.24) is 19.9 Å². The fraction of sp³-hybridized carbons (Fsp3) is 0.421. The van der Waals surface area contributed by atoms with Crippen molar-refractivity contribution >= 4 is 33.8 Å². The number of benzene rings is 1. The molecule has 27 heavy (non-hydrogen) atoms. The summed E-state index contributed by atoms with van der Waals surface area (Å²) in [5, 5.41) is 11.9. The van der Waals surface area contributed by atoms with Crippen LogP contribution in [0.3, 0.4) is 0 Å². The molecule has 8 nitrogen and oxygen atoms in total. The molecular weight excluding hydrogens is 346 g/mol. The Morgan fingerprint density at radius 1 is 1.30 bits per heavy atom. The number of aromatic nitrogens is 3. The summed E-state index contributed by atoms with van der Waals surface area (Å²) in [4.78, 5) is 19.7. The molecule has 144 valence electrons. The molecule has 0 unspecified atom stereocenters. The predicted octanol–water partition coefficient (Wildman–Crippen LogP) is 2.79. The second kappa shape index (κ2) is 8.68. The van der Waals surface area contributed by atoms with Crippen molar-refractivity contribution in [2.45, 2.75) is 32.7 Å². The van der Waals surface area contributed by atoms with Crippen LogP contribution >= 0.6 is 0 Å². The smallest absolute Gasteiger partial charge is 0.404 e. The van der Waals surface area contributed by atoms with Crippen LogP contribution in [0.4, 0.5) is 10.6 Å². The summed E-state index contributed by atoms with van der Waals surface area (Å²) >= 11 is 0. The molecule has 0 bridgehead atoms. The zero-order valence-electron chi connectivity index (χ0n) is 15.4. The number of fused-ring (bicyclic) bond motifs is 3. The van der Waals surface area contributed by atoms with Crippen LogP contribution < -0.4 is 11.1 Å². The summed E-state index contributed by atoms with van der Waals surface area (Å²) in [7, 11) is 0. The van der Waals surface area contributed by atoms with Crippen LogP contribution in [0.2, 0.25) is 0 Å². The van der Waals surface area contributed by atoms with Crippen molar-refractivity contribution in [2.24, 2.45) is 0 Å². The monoisotopic (exact) mass is 371 g/mol. The molecule has 0 atom stereocenters. The van der Waals surface area contributed by atoms with Gasteiger partial charge in [0.2, 0.25) is 0 Å². The van der Waals surface area contributed by atoms with Gasteiger partial charge in [0.15, 0.2) is 5.82 Å². The zero-order chi connectivity index (χ0) is 19.2. The lowest BCUT2D eigenvalue weighted by Crippen LogP contribution is -2.25. The minimum absolute atomic E-state index is 0.266. The van der Waals surface area contributed by atoms with Gasteiger partial charge in [-0.1, -0.05) is 31.5 Å². The number of nitrogens with one attached hydrogen (secondary N) is 1. The first-order chi connectivity index (χ1) is 13.1. The zero-order valence-corrected chi connectivity index (χ0v) is 15.4. The number of ether oxygens (including phenoxy) is 1. The Balaban J connectivity index is 1.89. The molecule has 1 aromatic carbocycles. The van der Waals surface area contributed by atoms with E-state index in [1.54, 1.807) is 0 Å². The maximum Gasteiger partial charge on any atom is 0.404 e. The first kappa shape index (κ1) is 18.9. The molecule has 3 rings (SSSR count). The number of aryl methyl sites for hydroxylation is 1. The number of anilines is 1. The highest BCUT2D eigenvalue weighted by atomic mass is 16.5. The number of unbranched alkanes of at least 4 members (excludes halogenated alkanes) is 1. The van der Waals surface area contributed by atoms with Crippen LogP contribution in [0, 0.1) is 0 Å². The number of hydrogen-bond acceptors (Lipinski definition) is 5. The van der Waals surface area contributed by atoms with E-state index in [1.807, 2.05) is 24.3 Å². The highest BCUT2D eigenvalue weighted by Crippen LogP contribution is 2.29. The summed E-state index contributed by atoms with van der Waals surface area (Å²) in [6, 6.07) is 7.90. The lowest BCUT2D eigenvalue weighted by Gasteiger charge is -2.11. The van der Waals surface area contributed by atoms with Crippen LogP contribution in [-0.2, 0) is 17.7 Å². The second-order valence-corrected chi connectivity index (χ2v) is 6.34. The Bertz CT molecular complexity index is 938. The number of imidazole rings is 1. The molecule has 0 spiro atoms. The number of carbonyl (C=O) groups is 1. The minimum atomic E-state index is -1.05. The molecule has 0 aliphatic rings. The van der Waals surface area contributed by atoms with Crippen LogP contribution in [0.1, 0.15) is 25.6 Å². The van der Waals surface area contributed by atoms with E-state index >= 15 is 0 Å². The molecule has 0 saturated heterocycles. The van der Waals surface area contributed by atoms with Gasteiger partial charge < -0.3 is 25.5 Å². The average Bonchev–Trinajstić information content (AvgIpc) is 3.02. The normalized spacial score (nSPS) is 11.3. The van der Waals surface area contributed by atoms with E-state index in [1.165, 1.54) is 0 Å². The van der Waals surface area contributed by atoms with Gasteiger partial charge in [-0.05, 0) is 12.5 Å². The van der Waals surface area contributed by atoms with Gasteiger partial charge in [0.1, 0.15) is 11.3 Å². The van der Waals surface area contributed by atoms with Crippen molar-refractivity contribution in [3.8, 4) is 0 Å². The molecular formula is C19H25N5O3. The Labute approximate surface area is 157 Å². The molecule has 4 N–H and O–H groups in total. The number of nitrogens with zero attached hydrogens (tertiary/aromatic N) is 3. The van der Waals surface area contributed by atoms with Crippen molar-refractivity contribution < 1.29 is 14.6 Å². The highest BCUT2D eigenvalue weighted by Gasteiger charge is 2.16. The number of nitrogens with two attached hydrogens (primary N) is 1. The Hall–Kier alpha value is -2.87. The van der Waals surface area contributed by atoms with E-state index in [0.29, 0.717) is 25.6 Å². The van der Waals surface area contributed by atoms with Crippen molar-refractivity contribution in [3.05, 3.63) is 30.1 Å². The van der Waals surface area contributed by atoms with Gasteiger partial charge in [-0.3, -0.25) is 0 Å². The molecule has 8 heteroatoms. The lowest BCUT2D eigenvalue weighted by atomic mass is 10.2. The third-order valence-corrected chi connectivity index (χ3v) is 4.43. The van der Waals surface area contributed by atoms with Crippen molar-refractivity contribution in [3.63, 3.8) is 0 Å². The second-order valence-electron chi connectivity index (χ2n) is 6.34. The van der Waals surface area contributed by atoms with Gasteiger partial charge in [-0.25, -0.2) is 14.8 Å². The SMILES string of the molecule is CCCCc1nc2c(N)nc3ccccc3c2n1CCOCCNC(=O)O. The number of nitrogen functional groups attached to an aromatic ring is 1. The molecule has 0 aliphatic heterocycles. The number of amides is 1. The van der Waals surface area contributed by atoms with Gasteiger partial charge in [-0.2, -0.15) is 0 Å². The first-order valence-electron chi connectivity index (χ1n) is 9.19. The maximum atomic E-state index is 10.5. The van der Waals surface area contributed by atoms with E-state index in [0.717, 1.165) is 47.0 Å². The number of pyridine rings is 1. The van der Waals surface area contributed by atoms with Gasteiger partial charge in [0.05, 0.1) is 24.2 Å². The topological polar surface area (TPSA) is 115 Å². The molecule has 0 aliphatic carbocycles. The number of para-hydroxylation sites is 1. The van der Waals surface area contributed by atoms with Crippen LogP contribution in [0.5, 0.6) is 0 Å². The predicted molar refractivity (Wildman–Crippen MR) is 105 cm³/mol. The molecule has 2 aromatic heterocycles. The minimum Gasteiger partial charge on any atom is -0.465 e. The Morgan fingerprint density at radius 3 is 2.89 bits per heavy atom. The quantitative estimate of drug-likeness (QED) is 0.498. The largest absolute Gasteiger partial charge is 0.465 e. The molecule has 0 radical (unpaired) electrons. The van der Waals surface area contributed by atoms with Crippen molar-refractivity contribution in [1.29, 1.82) is 0 Å². The molecule has 0 fully saturated rings. The standard InChI is InChI=1S/C19H25N5O3/c1-2-3-8-15-23-16-17(13-6-4-5-7-14(13)22-18(16)20)24(15)10-12-27-11-9-21-19(25)26/h4-7,21H,2-3,8-12H2,1H3,(H2,20,22)(H,25,26). The van der Waals surface area contributed by atoms with Gasteiger partial charge in [-0.15, -0.1) is 0 Å². The summed E-state index contributed by atoms with van der Waals surface area (Å²) < 4.78 is 7.75. The number of hydrogen-bond donors (Lipinski definition) is 3. The molecule has 3 aromatic rings. The van der Waals surface area contributed by atoms with Gasteiger partial charge in [0.25, 0.3) is 0 Å². The van der Waals surface area contributed by atoms with Crippen molar-refractivity contribution in [2.75, 3.05) is 25.5 Å². The van der Waals surface area contributed by atoms with Crippen LogP contribution in [0.25, 0.3) is 21.9 Å². The van der Waals surface area contributed by atoms with E-state index in [9.17, 15) is 4.79 Å². The fourth-order valence-corrected chi connectivity index (χ4v) is 3.16. The highest BCUT2D eigenvalue weighted by molar-refractivity contribution is 6.06. The van der Waals surface area contributed by atoms with Gasteiger partial charge in [0, 0.05) is 24.9 Å². The molecule has 1 amide bonds. The number of rotatable bonds is 9. The summed E-state index contributed by atoms with van der Waals surface area (Å²) in [5.74, 6) is 1.41. The van der Waals surface area contributed by atoms with E-state index in [2.05, 4.69) is 21.8 Å². The average molecular weight is 371 g/mol. The van der Waals surface area contributed by atoms with E-state index in [4.69, 9.17) is 20.6 Å². The summed E-state index contributed by atoms with van der Waals surface area (Å²) in [5.41, 5.74) is 8.73. The van der Waals surface area contributed by atoms with Crippen LogP contribution in [0.15, 0.2) is 24.3 Å². The number of carboxylic acid groups (broad SMARTS) is 1. The van der Waals surface area contributed by atoms with Crippen LogP contribution in [-0.4, -0.2) is 45.5 Å².